The molecule has 98 valence electrons. The molecule has 0 heterocycles. The summed E-state index contributed by atoms with van der Waals surface area (Å²) >= 11 is 7.33. The highest BCUT2D eigenvalue weighted by Gasteiger charge is 2.11. The van der Waals surface area contributed by atoms with Crippen molar-refractivity contribution in [3.8, 4) is 0 Å². The Morgan fingerprint density at radius 3 is 2.53 bits per heavy atom. The van der Waals surface area contributed by atoms with Crippen LogP contribution in [0.1, 0.15) is 10.4 Å². The van der Waals surface area contributed by atoms with E-state index in [0.717, 1.165) is 9.79 Å². The zero-order valence-electron chi connectivity index (χ0n) is 10.3. The minimum Gasteiger partial charge on any atom is -0.399 e. The largest absolute Gasteiger partial charge is 0.399 e. The Hall–Kier alpha value is -1.65. The molecule has 0 spiro atoms. The third-order valence-electron chi connectivity index (χ3n) is 2.52. The lowest BCUT2D eigenvalue weighted by atomic mass is 10.2. The number of rotatable bonds is 3. The van der Waals surface area contributed by atoms with E-state index >= 15 is 0 Å². The van der Waals surface area contributed by atoms with E-state index in [0.29, 0.717) is 16.3 Å². The lowest BCUT2D eigenvalue weighted by Crippen LogP contribution is -2.18. The van der Waals surface area contributed by atoms with E-state index in [-0.39, 0.29) is 5.91 Å². The highest BCUT2D eigenvalue weighted by Crippen LogP contribution is 2.32. The molecule has 0 aliphatic heterocycles. The van der Waals surface area contributed by atoms with Crippen molar-refractivity contribution < 1.29 is 4.79 Å². The van der Waals surface area contributed by atoms with Gasteiger partial charge in [0.05, 0.1) is 5.56 Å². The van der Waals surface area contributed by atoms with Gasteiger partial charge in [-0.25, -0.2) is 0 Å². The number of nitrogen functional groups attached to an aromatic ring is 1. The van der Waals surface area contributed by atoms with Gasteiger partial charge < -0.3 is 11.1 Å². The Labute approximate surface area is 121 Å². The Balaban J connectivity index is 2.35. The molecule has 0 unspecified atom stereocenters. The van der Waals surface area contributed by atoms with Crippen molar-refractivity contribution in [1.29, 1.82) is 0 Å². The minimum atomic E-state index is -0.128. The lowest BCUT2D eigenvalue weighted by molar-refractivity contribution is 0.0960. The number of hydrogen-bond donors (Lipinski definition) is 2. The number of amides is 1. The van der Waals surface area contributed by atoms with Crippen molar-refractivity contribution in [2.75, 3.05) is 12.8 Å². The van der Waals surface area contributed by atoms with Gasteiger partial charge in [0.1, 0.15) is 0 Å². The normalized spacial score (nSPS) is 10.2. The highest BCUT2D eigenvalue weighted by molar-refractivity contribution is 7.99. The summed E-state index contributed by atoms with van der Waals surface area (Å²) in [5, 5.41) is 3.31. The summed E-state index contributed by atoms with van der Waals surface area (Å²) in [5.41, 5.74) is 7.02. The van der Waals surface area contributed by atoms with Crippen molar-refractivity contribution in [2.24, 2.45) is 0 Å². The van der Waals surface area contributed by atoms with Gasteiger partial charge in [0.15, 0.2) is 0 Å². The van der Waals surface area contributed by atoms with Gasteiger partial charge in [-0.1, -0.05) is 23.4 Å². The number of nitrogens with two attached hydrogens (primary N) is 1. The van der Waals surface area contributed by atoms with E-state index in [1.54, 1.807) is 25.2 Å². The van der Waals surface area contributed by atoms with E-state index in [1.165, 1.54) is 11.8 Å². The summed E-state index contributed by atoms with van der Waals surface area (Å²) in [4.78, 5) is 13.6. The molecule has 19 heavy (non-hydrogen) atoms. The maximum absolute atomic E-state index is 11.8. The Kier molecular flexibility index (Phi) is 4.35. The average Bonchev–Trinajstić information content (AvgIpc) is 2.41. The van der Waals surface area contributed by atoms with Gasteiger partial charge >= 0.3 is 0 Å². The number of benzene rings is 2. The van der Waals surface area contributed by atoms with E-state index in [1.807, 2.05) is 24.3 Å². The van der Waals surface area contributed by atoms with Crippen LogP contribution >= 0.6 is 23.4 Å². The molecule has 2 aromatic carbocycles. The number of anilines is 1. The van der Waals surface area contributed by atoms with Crippen LogP contribution in [0.5, 0.6) is 0 Å². The topological polar surface area (TPSA) is 55.1 Å². The van der Waals surface area contributed by atoms with Crippen molar-refractivity contribution >= 4 is 35.0 Å². The van der Waals surface area contributed by atoms with Crippen LogP contribution in [0, 0.1) is 0 Å². The number of nitrogens with one attached hydrogen (secondary N) is 1. The number of carbonyl (C=O) groups is 1. The smallest absolute Gasteiger partial charge is 0.252 e. The summed E-state index contributed by atoms with van der Waals surface area (Å²) in [5.74, 6) is -0.128. The van der Waals surface area contributed by atoms with E-state index in [9.17, 15) is 4.79 Å². The van der Waals surface area contributed by atoms with Gasteiger partial charge in [0, 0.05) is 27.5 Å². The van der Waals surface area contributed by atoms with Crippen molar-refractivity contribution in [3.63, 3.8) is 0 Å². The van der Waals surface area contributed by atoms with Crippen LogP contribution in [0.25, 0.3) is 0 Å². The summed E-state index contributed by atoms with van der Waals surface area (Å²) in [6.07, 6.45) is 0. The van der Waals surface area contributed by atoms with Crippen molar-refractivity contribution in [1.82, 2.24) is 5.32 Å². The fourth-order valence-electron chi connectivity index (χ4n) is 1.58. The first-order valence-electron chi connectivity index (χ1n) is 5.65. The summed E-state index contributed by atoms with van der Waals surface area (Å²) < 4.78 is 0. The minimum absolute atomic E-state index is 0.128. The first-order chi connectivity index (χ1) is 9.10. The van der Waals surface area contributed by atoms with Gasteiger partial charge in [-0.2, -0.15) is 0 Å². The fourth-order valence-corrected chi connectivity index (χ4v) is 2.69. The van der Waals surface area contributed by atoms with Gasteiger partial charge in [-0.3, -0.25) is 4.79 Å². The molecule has 0 saturated heterocycles. The van der Waals surface area contributed by atoms with Gasteiger partial charge in [0.25, 0.3) is 5.91 Å². The van der Waals surface area contributed by atoms with Crippen LogP contribution in [0.3, 0.4) is 0 Å². The Morgan fingerprint density at radius 1 is 1.21 bits per heavy atom. The second kappa shape index (κ2) is 5.99. The molecule has 1 amide bonds. The van der Waals surface area contributed by atoms with Gasteiger partial charge in [-0.15, -0.1) is 0 Å². The molecule has 0 saturated carbocycles. The summed E-state index contributed by atoms with van der Waals surface area (Å²) in [6, 6.07) is 12.7. The zero-order chi connectivity index (χ0) is 13.8. The molecule has 0 fully saturated rings. The molecular weight excluding hydrogens is 280 g/mol. The lowest BCUT2D eigenvalue weighted by Gasteiger charge is -2.09. The Morgan fingerprint density at radius 2 is 1.89 bits per heavy atom. The van der Waals surface area contributed by atoms with E-state index in [4.69, 9.17) is 17.3 Å². The number of carbonyl (C=O) groups excluding carboxylic acids is 1. The molecule has 2 rings (SSSR count). The molecule has 0 radical (unpaired) electrons. The van der Waals surface area contributed by atoms with Crippen LogP contribution in [-0.2, 0) is 0 Å². The summed E-state index contributed by atoms with van der Waals surface area (Å²) in [7, 11) is 1.61. The fraction of sp³-hybridized carbons (Fsp3) is 0.0714. The second-order valence-electron chi connectivity index (χ2n) is 3.89. The van der Waals surface area contributed by atoms with E-state index < -0.39 is 0 Å². The van der Waals surface area contributed by atoms with Crippen LogP contribution < -0.4 is 11.1 Å². The molecule has 0 aliphatic carbocycles. The zero-order valence-corrected chi connectivity index (χ0v) is 11.9. The maximum atomic E-state index is 11.8. The SMILES string of the molecule is CNC(=O)c1ccc(N)cc1Sc1ccc(Cl)cc1. The molecular formula is C14H13ClN2OS. The quantitative estimate of drug-likeness (QED) is 0.852. The number of halogens is 1. The predicted molar refractivity (Wildman–Crippen MR) is 79.8 cm³/mol. The van der Waals surface area contributed by atoms with Crippen molar-refractivity contribution in [2.45, 2.75) is 9.79 Å². The molecule has 3 nitrogen and oxygen atoms in total. The van der Waals surface area contributed by atoms with E-state index in [2.05, 4.69) is 5.32 Å². The first kappa shape index (κ1) is 13.8. The van der Waals surface area contributed by atoms with Crippen LogP contribution in [-0.4, -0.2) is 13.0 Å². The molecule has 5 heteroatoms. The standard InChI is InChI=1S/C14H13ClN2OS/c1-17-14(18)12-7-4-10(16)8-13(12)19-11-5-2-9(15)3-6-11/h2-8H,16H2,1H3,(H,17,18). The van der Waals surface area contributed by atoms with Gasteiger partial charge in [-0.05, 0) is 42.5 Å². The van der Waals surface area contributed by atoms with Crippen LogP contribution in [0.15, 0.2) is 52.3 Å². The third-order valence-corrected chi connectivity index (χ3v) is 3.84. The molecule has 0 bridgehead atoms. The van der Waals surface area contributed by atoms with Crippen molar-refractivity contribution in [3.05, 3.63) is 53.1 Å². The molecule has 0 aromatic heterocycles. The molecule has 3 N–H and O–H groups in total. The van der Waals surface area contributed by atoms with Gasteiger partial charge in [0.2, 0.25) is 0 Å². The Bertz CT molecular complexity index is 599. The van der Waals surface area contributed by atoms with Crippen LogP contribution in [0.2, 0.25) is 5.02 Å². The third kappa shape index (κ3) is 3.43. The average molecular weight is 293 g/mol. The maximum Gasteiger partial charge on any atom is 0.252 e. The molecule has 0 atom stereocenters. The predicted octanol–water partition coefficient (Wildman–Crippen LogP) is 3.43. The molecule has 0 aliphatic rings. The highest BCUT2D eigenvalue weighted by atomic mass is 35.5. The monoisotopic (exact) mass is 292 g/mol. The molecule has 2 aromatic rings. The first-order valence-corrected chi connectivity index (χ1v) is 6.84. The summed E-state index contributed by atoms with van der Waals surface area (Å²) in [6.45, 7) is 0. The second-order valence-corrected chi connectivity index (χ2v) is 5.44. The number of hydrogen-bond acceptors (Lipinski definition) is 3. The van der Waals surface area contributed by atoms with Crippen LogP contribution in [0.4, 0.5) is 5.69 Å².